The third-order valence-electron chi connectivity index (χ3n) is 1.02. The molecule has 1 heterocycles. The molecule has 0 spiro atoms. The highest BCUT2D eigenvalue weighted by Crippen LogP contribution is 2.10. The quantitative estimate of drug-likeness (QED) is 0.546. The smallest absolute Gasteiger partial charge is 0.124 e. The number of halogens is 1. The highest BCUT2D eigenvalue weighted by Gasteiger charge is 1.93. The number of nitrogens with zero attached hydrogens (tertiary/aromatic N) is 1. The van der Waals surface area contributed by atoms with Crippen molar-refractivity contribution in [2.45, 2.75) is 6.92 Å². The Bertz CT molecular complexity index is 222. The average molecular weight is 234 g/mol. The van der Waals surface area contributed by atoms with Gasteiger partial charge in [0, 0.05) is 5.69 Å². The van der Waals surface area contributed by atoms with E-state index in [9.17, 15) is 0 Å². The summed E-state index contributed by atoms with van der Waals surface area (Å²) in [4.78, 5) is 4.13. The topological polar surface area (TPSA) is 38.9 Å². The largest absolute Gasteiger partial charge is 0.397 e. The number of aromatic nitrogens is 1. The molecule has 0 atom stereocenters. The van der Waals surface area contributed by atoms with Crippen LogP contribution in [0.3, 0.4) is 0 Å². The Balaban J connectivity index is 3.17. The molecular formula is C6H7IN2. The fraction of sp³-hybridized carbons (Fsp3) is 0.167. The first kappa shape index (κ1) is 6.80. The van der Waals surface area contributed by atoms with Crippen LogP contribution in [0.4, 0.5) is 5.69 Å². The van der Waals surface area contributed by atoms with Crippen molar-refractivity contribution < 1.29 is 0 Å². The Morgan fingerprint density at radius 3 is 2.67 bits per heavy atom. The van der Waals surface area contributed by atoms with E-state index in [0.717, 1.165) is 15.1 Å². The van der Waals surface area contributed by atoms with Crippen LogP contribution in [-0.2, 0) is 0 Å². The van der Waals surface area contributed by atoms with E-state index in [1.54, 1.807) is 0 Å². The van der Waals surface area contributed by atoms with Gasteiger partial charge in [0.1, 0.15) is 3.70 Å². The lowest BCUT2D eigenvalue weighted by atomic mass is 10.4. The molecule has 0 saturated heterocycles. The Morgan fingerprint density at radius 1 is 1.56 bits per heavy atom. The van der Waals surface area contributed by atoms with Gasteiger partial charge in [-0.15, -0.1) is 0 Å². The molecule has 0 aliphatic carbocycles. The molecule has 0 fully saturated rings. The third-order valence-corrected chi connectivity index (χ3v) is 1.88. The summed E-state index contributed by atoms with van der Waals surface area (Å²) < 4.78 is 0.882. The number of nitrogens with two attached hydrogens (primary N) is 1. The molecule has 0 aromatic carbocycles. The highest BCUT2D eigenvalue weighted by atomic mass is 127. The van der Waals surface area contributed by atoms with Gasteiger partial charge in [0.2, 0.25) is 0 Å². The summed E-state index contributed by atoms with van der Waals surface area (Å²) >= 11 is 2.11. The maximum Gasteiger partial charge on any atom is 0.124 e. The summed E-state index contributed by atoms with van der Waals surface area (Å²) in [5.41, 5.74) is 7.28. The van der Waals surface area contributed by atoms with Gasteiger partial charge in [-0.25, -0.2) is 4.98 Å². The number of anilines is 1. The fourth-order valence-electron chi connectivity index (χ4n) is 0.536. The standard InChI is InChI=1S/C6H7IN2/c1-4-2-3-5(8)6(7)9-4/h2-3H,8H2,1H3. The Hall–Kier alpha value is -0.320. The molecule has 0 radical (unpaired) electrons. The van der Waals surface area contributed by atoms with Crippen LogP contribution in [0.2, 0.25) is 0 Å². The summed E-state index contributed by atoms with van der Waals surface area (Å²) in [5, 5.41) is 0. The Morgan fingerprint density at radius 2 is 2.22 bits per heavy atom. The second kappa shape index (κ2) is 2.51. The van der Waals surface area contributed by atoms with E-state index < -0.39 is 0 Å². The molecule has 0 bridgehead atoms. The van der Waals surface area contributed by atoms with E-state index in [2.05, 4.69) is 27.6 Å². The van der Waals surface area contributed by atoms with Crippen molar-refractivity contribution in [3.05, 3.63) is 21.5 Å². The van der Waals surface area contributed by atoms with Crippen molar-refractivity contribution in [2.24, 2.45) is 0 Å². The van der Waals surface area contributed by atoms with E-state index >= 15 is 0 Å². The van der Waals surface area contributed by atoms with Gasteiger partial charge in [-0.1, -0.05) is 0 Å². The van der Waals surface area contributed by atoms with Crippen molar-refractivity contribution in [3.8, 4) is 0 Å². The summed E-state index contributed by atoms with van der Waals surface area (Å²) in [6.45, 7) is 1.95. The van der Waals surface area contributed by atoms with Gasteiger partial charge in [-0.3, -0.25) is 0 Å². The van der Waals surface area contributed by atoms with Crippen LogP contribution in [0.15, 0.2) is 12.1 Å². The molecule has 0 unspecified atom stereocenters. The average Bonchev–Trinajstić information content (AvgIpc) is 1.80. The normalized spacial score (nSPS) is 9.56. The van der Waals surface area contributed by atoms with Crippen molar-refractivity contribution in [2.75, 3.05) is 5.73 Å². The van der Waals surface area contributed by atoms with Crippen molar-refractivity contribution in [1.29, 1.82) is 0 Å². The van der Waals surface area contributed by atoms with Gasteiger partial charge < -0.3 is 5.73 Å². The first-order valence-corrected chi connectivity index (χ1v) is 3.66. The SMILES string of the molecule is Cc1ccc(N)c(I)n1. The minimum atomic E-state index is 0.751. The van der Waals surface area contributed by atoms with Crippen LogP contribution >= 0.6 is 22.6 Å². The second-order valence-electron chi connectivity index (χ2n) is 1.83. The van der Waals surface area contributed by atoms with Gasteiger partial charge in [0.05, 0.1) is 5.69 Å². The number of pyridine rings is 1. The summed E-state index contributed by atoms with van der Waals surface area (Å²) in [6.07, 6.45) is 0. The van der Waals surface area contributed by atoms with Gasteiger partial charge >= 0.3 is 0 Å². The van der Waals surface area contributed by atoms with E-state index in [4.69, 9.17) is 5.73 Å². The van der Waals surface area contributed by atoms with Crippen LogP contribution in [0.5, 0.6) is 0 Å². The molecule has 48 valence electrons. The first-order valence-electron chi connectivity index (χ1n) is 2.59. The molecule has 3 heteroatoms. The zero-order valence-electron chi connectivity index (χ0n) is 5.06. The van der Waals surface area contributed by atoms with Crippen molar-refractivity contribution in [1.82, 2.24) is 4.98 Å². The first-order chi connectivity index (χ1) is 4.20. The van der Waals surface area contributed by atoms with Crippen molar-refractivity contribution in [3.63, 3.8) is 0 Å². The minimum Gasteiger partial charge on any atom is -0.397 e. The summed E-state index contributed by atoms with van der Waals surface area (Å²) in [5.74, 6) is 0. The number of aryl methyl sites for hydroxylation is 1. The lowest BCUT2D eigenvalue weighted by Crippen LogP contribution is -1.92. The molecule has 9 heavy (non-hydrogen) atoms. The number of nitrogen functional groups attached to an aromatic ring is 1. The maximum atomic E-state index is 5.52. The predicted molar refractivity (Wildman–Crippen MR) is 46.1 cm³/mol. The van der Waals surface area contributed by atoms with E-state index in [-0.39, 0.29) is 0 Å². The van der Waals surface area contributed by atoms with Crippen LogP contribution in [0.25, 0.3) is 0 Å². The zero-order valence-corrected chi connectivity index (χ0v) is 7.21. The summed E-state index contributed by atoms with van der Waals surface area (Å²) in [7, 11) is 0. The van der Waals surface area contributed by atoms with E-state index in [0.29, 0.717) is 0 Å². The van der Waals surface area contributed by atoms with Crippen LogP contribution in [0.1, 0.15) is 5.69 Å². The fourth-order valence-corrected chi connectivity index (χ4v) is 1.10. The van der Waals surface area contributed by atoms with Crippen LogP contribution in [-0.4, -0.2) is 4.98 Å². The molecule has 1 aromatic rings. The van der Waals surface area contributed by atoms with Crippen LogP contribution in [0, 0.1) is 10.6 Å². The number of hydrogen-bond donors (Lipinski definition) is 1. The van der Waals surface area contributed by atoms with Crippen LogP contribution < -0.4 is 5.73 Å². The summed E-state index contributed by atoms with van der Waals surface area (Å²) in [6, 6.07) is 3.77. The molecule has 0 aliphatic rings. The van der Waals surface area contributed by atoms with Crippen molar-refractivity contribution >= 4 is 28.3 Å². The van der Waals surface area contributed by atoms with Gasteiger partial charge in [0.15, 0.2) is 0 Å². The highest BCUT2D eigenvalue weighted by molar-refractivity contribution is 14.1. The third kappa shape index (κ3) is 1.54. The molecule has 1 rings (SSSR count). The maximum absolute atomic E-state index is 5.52. The molecule has 2 nitrogen and oxygen atoms in total. The number of hydrogen-bond acceptors (Lipinski definition) is 2. The second-order valence-corrected chi connectivity index (χ2v) is 2.85. The molecule has 1 aromatic heterocycles. The van der Waals surface area contributed by atoms with E-state index in [1.807, 2.05) is 19.1 Å². The molecule has 0 saturated carbocycles. The Kier molecular flexibility index (Phi) is 1.90. The molecule has 2 N–H and O–H groups in total. The Labute approximate surface area is 67.6 Å². The van der Waals surface area contributed by atoms with Gasteiger partial charge in [-0.2, -0.15) is 0 Å². The van der Waals surface area contributed by atoms with E-state index in [1.165, 1.54) is 0 Å². The number of rotatable bonds is 0. The molecule has 0 aliphatic heterocycles. The predicted octanol–water partition coefficient (Wildman–Crippen LogP) is 1.58. The lowest BCUT2D eigenvalue weighted by molar-refractivity contribution is 1.17. The van der Waals surface area contributed by atoms with Gasteiger partial charge in [-0.05, 0) is 41.6 Å². The zero-order chi connectivity index (χ0) is 6.85. The molecular weight excluding hydrogens is 227 g/mol. The lowest BCUT2D eigenvalue weighted by Gasteiger charge is -1.95. The monoisotopic (exact) mass is 234 g/mol. The van der Waals surface area contributed by atoms with Gasteiger partial charge in [0.25, 0.3) is 0 Å². The minimum absolute atomic E-state index is 0.751. The molecule has 0 amide bonds.